The molecule has 1 saturated carbocycles. The van der Waals surface area contributed by atoms with Crippen molar-refractivity contribution in [2.45, 2.75) is 32.2 Å². The number of ether oxygens (including phenoxy) is 2. The van der Waals surface area contributed by atoms with Crippen molar-refractivity contribution in [2.24, 2.45) is 0 Å². The molecule has 1 aliphatic carbocycles. The molecule has 0 spiro atoms. The van der Waals surface area contributed by atoms with E-state index in [-0.39, 0.29) is 5.97 Å². The standard InChI is InChI=1S/C12H18N2O3/c1-3-17-12(15)10-11(9-4-5-9)14(8-13-10)6-7-16-2/h8-9H,3-7H2,1-2H3. The highest BCUT2D eigenvalue weighted by Gasteiger charge is 2.32. The van der Waals surface area contributed by atoms with Gasteiger partial charge in [0.1, 0.15) is 0 Å². The number of methoxy groups -OCH3 is 1. The van der Waals surface area contributed by atoms with Gasteiger partial charge in [0.25, 0.3) is 0 Å². The second-order valence-corrected chi connectivity index (χ2v) is 4.16. The van der Waals surface area contributed by atoms with Gasteiger partial charge in [-0.2, -0.15) is 0 Å². The van der Waals surface area contributed by atoms with Crippen molar-refractivity contribution in [3.8, 4) is 0 Å². The highest BCUT2D eigenvalue weighted by Crippen LogP contribution is 2.41. The first-order chi connectivity index (χ1) is 8.27. The SMILES string of the molecule is CCOC(=O)c1ncn(CCOC)c1C1CC1. The number of carbonyl (C=O) groups is 1. The van der Waals surface area contributed by atoms with E-state index >= 15 is 0 Å². The zero-order chi connectivity index (χ0) is 12.3. The van der Waals surface area contributed by atoms with E-state index in [4.69, 9.17) is 9.47 Å². The van der Waals surface area contributed by atoms with E-state index in [2.05, 4.69) is 4.98 Å². The smallest absolute Gasteiger partial charge is 0.358 e. The van der Waals surface area contributed by atoms with E-state index in [1.165, 1.54) is 0 Å². The van der Waals surface area contributed by atoms with Gasteiger partial charge in [-0.3, -0.25) is 0 Å². The lowest BCUT2D eigenvalue weighted by atomic mass is 10.2. The minimum atomic E-state index is -0.314. The Morgan fingerprint density at radius 2 is 2.35 bits per heavy atom. The lowest BCUT2D eigenvalue weighted by molar-refractivity contribution is 0.0518. The van der Waals surface area contributed by atoms with Crippen molar-refractivity contribution in [1.29, 1.82) is 0 Å². The predicted molar refractivity (Wildman–Crippen MR) is 62.0 cm³/mol. The van der Waals surface area contributed by atoms with Crippen LogP contribution in [0.5, 0.6) is 0 Å². The van der Waals surface area contributed by atoms with Crippen LogP contribution in [-0.4, -0.2) is 35.8 Å². The predicted octanol–water partition coefficient (Wildman–Crippen LogP) is 1.58. The Morgan fingerprint density at radius 3 is 2.94 bits per heavy atom. The van der Waals surface area contributed by atoms with Crippen LogP contribution < -0.4 is 0 Å². The lowest BCUT2D eigenvalue weighted by Crippen LogP contribution is -2.11. The van der Waals surface area contributed by atoms with Crippen LogP contribution >= 0.6 is 0 Å². The second kappa shape index (κ2) is 5.31. The third kappa shape index (κ3) is 2.66. The second-order valence-electron chi connectivity index (χ2n) is 4.16. The van der Waals surface area contributed by atoms with Crippen molar-refractivity contribution in [3.05, 3.63) is 17.7 Å². The van der Waals surface area contributed by atoms with Gasteiger partial charge < -0.3 is 14.0 Å². The Bertz CT molecular complexity index is 396. The molecule has 2 rings (SSSR count). The van der Waals surface area contributed by atoms with Gasteiger partial charge in [0, 0.05) is 19.6 Å². The molecule has 0 bridgehead atoms. The summed E-state index contributed by atoms with van der Waals surface area (Å²) >= 11 is 0. The summed E-state index contributed by atoms with van der Waals surface area (Å²) in [5.74, 6) is 0.152. The molecule has 0 atom stereocenters. The fraction of sp³-hybridized carbons (Fsp3) is 0.667. The van der Waals surface area contributed by atoms with Crippen LogP contribution in [0.4, 0.5) is 0 Å². The fourth-order valence-corrected chi connectivity index (χ4v) is 1.90. The van der Waals surface area contributed by atoms with Gasteiger partial charge >= 0.3 is 5.97 Å². The van der Waals surface area contributed by atoms with Gasteiger partial charge in [0.15, 0.2) is 5.69 Å². The number of hydrogen-bond acceptors (Lipinski definition) is 4. The molecule has 94 valence electrons. The van der Waals surface area contributed by atoms with E-state index in [0.29, 0.717) is 24.8 Å². The summed E-state index contributed by atoms with van der Waals surface area (Å²) in [4.78, 5) is 15.9. The van der Waals surface area contributed by atoms with Crippen molar-refractivity contribution < 1.29 is 14.3 Å². The quantitative estimate of drug-likeness (QED) is 0.706. The van der Waals surface area contributed by atoms with Crippen LogP contribution in [0.2, 0.25) is 0 Å². The zero-order valence-corrected chi connectivity index (χ0v) is 10.3. The van der Waals surface area contributed by atoms with Crippen LogP contribution in [0.15, 0.2) is 6.33 Å². The van der Waals surface area contributed by atoms with Crippen molar-refractivity contribution in [2.75, 3.05) is 20.3 Å². The molecule has 5 heteroatoms. The van der Waals surface area contributed by atoms with Crippen LogP contribution in [0.25, 0.3) is 0 Å². The molecule has 0 radical (unpaired) electrons. The Labute approximate surface area is 101 Å². The minimum absolute atomic E-state index is 0.314. The van der Waals surface area contributed by atoms with Gasteiger partial charge in [-0.25, -0.2) is 9.78 Å². The maximum atomic E-state index is 11.8. The molecule has 0 saturated heterocycles. The molecule has 1 fully saturated rings. The molecule has 0 unspecified atom stereocenters. The summed E-state index contributed by atoms with van der Waals surface area (Å²) in [6.45, 7) is 3.54. The number of carbonyl (C=O) groups excluding carboxylic acids is 1. The Balaban J connectivity index is 2.20. The molecule has 0 aromatic carbocycles. The van der Waals surface area contributed by atoms with E-state index in [1.807, 2.05) is 4.57 Å². The molecule has 0 aliphatic heterocycles. The first kappa shape index (κ1) is 12.1. The van der Waals surface area contributed by atoms with Crippen molar-refractivity contribution >= 4 is 5.97 Å². The molecule has 1 aliphatic rings. The average Bonchev–Trinajstić information content (AvgIpc) is 3.07. The number of imidazole rings is 1. The van der Waals surface area contributed by atoms with Crippen LogP contribution in [-0.2, 0) is 16.0 Å². The van der Waals surface area contributed by atoms with E-state index in [1.54, 1.807) is 20.4 Å². The Kier molecular flexibility index (Phi) is 3.78. The molecule has 0 N–H and O–H groups in total. The summed E-state index contributed by atoms with van der Waals surface area (Å²) in [6, 6.07) is 0. The average molecular weight is 238 g/mol. The number of aromatic nitrogens is 2. The van der Waals surface area contributed by atoms with Gasteiger partial charge in [-0.05, 0) is 19.8 Å². The van der Waals surface area contributed by atoms with Crippen LogP contribution in [0.3, 0.4) is 0 Å². The normalized spacial score (nSPS) is 14.9. The summed E-state index contributed by atoms with van der Waals surface area (Å²) < 4.78 is 12.1. The summed E-state index contributed by atoms with van der Waals surface area (Å²) in [5.41, 5.74) is 1.49. The van der Waals surface area contributed by atoms with E-state index in [0.717, 1.165) is 25.1 Å². The summed E-state index contributed by atoms with van der Waals surface area (Å²) in [5, 5.41) is 0. The molecule has 1 aromatic heterocycles. The van der Waals surface area contributed by atoms with Gasteiger partial charge in [-0.15, -0.1) is 0 Å². The molecular formula is C12H18N2O3. The molecule has 1 heterocycles. The van der Waals surface area contributed by atoms with Gasteiger partial charge in [-0.1, -0.05) is 0 Å². The monoisotopic (exact) mass is 238 g/mol. The molecule has 1 aromatic rings. The first-order valence-corrected chi connectivity index (χ1v) is 5.99. The topological polar surface area (TPSA) is 53.3 Å². The summed E-state index contributed by atoms with van der Waals surface area (Å²) in [7, 11) is 1.67. The third-order valence-corrected chi connectivity index (χ3v) is 2.85. The largest absolute Gasteiger partial charge is 0.461 e. The number of esters is 1. The number of nitrogens with zero attached hydrogens (tertiary/aromatic N) is 2. The molecular weight excluding hydrogens is 220 g/mol. The van der Waals surface area contributed by atoms with Gasteiger partial charge in [0.2, 0.25) is 0 Å². The number of hydrogen-bond donors (Lipinski definition) is 0. The van der Waals surface area contributed by atoms with Crippen LogP contribution in [0.1, 0.15) is 41.9 Å². The Hall–Kier alpha value is -1.36. The molecule has 17 heavy (non-hydrogen) atoms. The summed E-state index contributed by atoms with van der Waals surface area (Å²) in [6.07, 6.45) is 3.97. The van der Waals surface area contributed by atoms with Gasteiger partial charge in [0.05, 0.1) is 25.2 Å². The fourth-order valence-electron chi connectivity index (χ4n) is 1.90. The lowest BCUT2D eigenvalue weighted by Gasteiger charge is -2.08. The highest BCUT2D eigenvalue weighted by atomic mass is 16.5. The van der Waals surface area contributed by atoms with Crippen LogP contribution in [0, 0.1) is 0 Å². The Morgan fingerprint density at radius 1 is 1.59 bits per heavy atom. The van der Waals surface area contributed by atoms with Crippen molar-refractivity contribution in [1.82, 2.24) is 9.55 Å². The van der Waals surface area contributed by atoms with E-state index in [9.17, 15) is 4.79 Å². The maximum Gasteiger partial charge on any atom is 0.358 e. The number of rotatable bonds is 6. The maximum absolute atomic E-state index is 11.8. The molecule has 0 amide bonds. The third-order valence-electron chi connectivity index (χ3n) is 2.85. The molecule has 5 nitrogen and oxygen atoms in total. The van der Waals surface area contributed by atoms with Crippen molar-refractivity contribution in [3.63, 3.8) is 0 Å². The highest BCUT2D eigenvalue weighted by molar-refractivity contribution is 5.88. The zero-order valence-electron chi connectivity index (χ0n) is 10.3. The van der Waals surface area contributed by atoms with E-state index < -0.39 is 0 Å². The first-order valence-electron chi connectivity index (χ1n) is 5.99. The minimum Gasteiger partial charge on any atom is -0.461 e.